The van der Waals surface area contributed by atoms with Gasteiger partial charge in [0, 0.05) is 16.3 Å². The van der Waals surface area contributed by atoms with Gasteiger partial charge in [0.25, 0.3) is 5.91 Å². The maximum Gasteiger partial charge on any atom is 0.271 e. The molecule has 0 aliphatic heterocycles. The Morgan fingerprint density at radius 2 is 1.88 bits per heavy atom. The van der Waals surface area contributed by atoms with Gasteiger partial charge >= 0.3 is 0 Å². The maximum atomic E-state index is 12.1. The monoisotopic (exact) mass is 375 g/mol. The van der Waals surface area contributed by atoms with E-state index >= 15 is 0 Å². The average molecular weight is 376 g/mol. The molecule has 2 aromatic rings. The summed E-state index contributed by atoms with van der Waals surface area (Å²) in [5, 5.41) is 16.3. The fourth-order valence-electron chi connectivity index (χ4n) is 2.07. The second kappa shape index (κ2) is 8.87. The van der Waals surface area contributed by atoms with Gasteiger partial charge in [-0.15, -0.1) is 0 Å². The first-order valence-electron chi connectivity index (χ1n) is 7.65. The number of hydrogen-bond acceptors (Lipinski definition) is 5. The van der Waals surface area contributed by atoms with Crippen molar-refractivity contribution < 1.29 is 19.4 Å². The Morgan fingerprint density at radius 3 is 2.54 bits per heavy atom. The van der Waals surface area contributed by atoms with Crippen LogP contribution in [0.5, 0.6) is 11.5 Å². The number of nitrogens with zero attached hydrogens (tertiary/aromatic N) is 1. The molecule has 0 aromatic heterocycles. The number of benzene rings is 2. The van der Waals surface area contributed by atoms with Crippen LogP contribution in [0.15, 0.2) is 47.6 Å². The molecule has 2 aromatic carbocycles. The summed E-state index contributed by atoms with van der Waals surface area (Å²) >= 11 is 5.92. The number of phenolic OH excluding ortho intramolecular Hbond substituents is 1. The fourth-order valence-corrected chi connectivity index (χ4v) is 2.24. The first kappa shape index (κ1) is 19.3. The van der Waals surface area contributed by atoms with Crippen LogP contribution in [0, 0.1) is 0 Å². The van der Waals surface area contributed by atoms with E-state index in [1.54, 1.807) is 25.1 Å². The molecule has 3 N–H and O–H groups in total. The minimum absolute atomic E-state index is 0.0223. The standard InChI is InChI=1S/C18H18ClN3O4/c1-11(21-22-18(25)12-3-6-14(23)7-4-12)9-17(24)20-15-10-13(19)5-8-16(15)26-2/h3-8,10,23H,9H2,1-2H3,(H,20,24)(H,22,25)/b21-11-. The van der Waals surface area contributed by atoms with Crippen molar-refractivity contribution in [2.45, 2.75) is 13.3 Å². The van der Waals surface area contributed by atoms with Gasteiger partial charge < -0.3 is 15.2 Å². The molecule has 2 rings (SSSR count). The predicted octanol–water partition coefficient (Wildman–Crippen LogP) is 3.19. The molecule has 0 fully saturated rings. The van der Waals surface area contributed by atoms with Gasteiger partial charge in [-0.25, -0.2) is 5.43 Å². The number of methoxy groups -OCH3 is 1. The Kier molecular flexibility index (Phi) is 6.57. The molecule has 136 valence electrons. The third kappa shape index (κ3) is 5.49. The maximum absolute atomic E-state index is 12.1. The van der Waals surface area contributed by atoms with E-state index in [-0.39, 0.29) is 18.1 Å². The molecule has 2 amide bonds. The molecule has 0 atom stereocenters. The molecule has 0 aliphatic rings. The topological polar surface area (TPSA) is 100 Å². The lowest BCUT2D eigenvalue weighted by atomic mass is 10.2. The fraction of sp³-hybridized carbons (Fsp3) is 0.167. The molecule has 0 spiro atoms. The number of carbonyl (C=O) groups is 2. The smallest absolute Gasteiger partial charge is 0.271 e. The van der Waals surface area contributed by atoms with E-state index in [1.165, 1.54) is 31.4 Å². The van der Waals surface area contributed by atoms with Gasteiger partial charge in [0.2, 0.25) is 5.91 Å². The first-order valence-corrected chi connectivity index (χ1v) is 8.02. The number of halogens is 1. The van der Waals surface area contributed by atoms with E-state index in [0.717, 1.165) is 0 Å². The average Bonchev–Trinajstić information content (AvgIpc) is 2.60. The molecule has 0 radical (unpaired) electrons. The highest BCUT2D eigenvalue weighted by Gasteiger charge is 2.10. The van der Waals surface area contributed by atoms with Crippen molar-refractivity contribution in [2.75, 3.05) is 12.4 Å². The molecule has 26 heavy (non-hydrogen) atoms. The van der Waals surface area contributed by atoms with Gasteiger partial charge in [-0.3, -0.25) is 9.59 Å². The summed E-state index contributed by atoms with van der Waals surface area (Å²) in [5.74, 6) is -0.223. The number of hydrazone groups is 1. The zero-order valence-electron chi connectivity index (χ0n) is 14.2. The lowest BCUT2D eigenvalue weighted by Crippen LogP contribution is -2.21. The molecule has 0 heterocycles. The summed E-state index contributed by atoms with van der Waals surface area (Å²) < 4.78 is 5.16. The zero-order valence-corrected chi connectivity index (χ0v) is 15.0. The molecule has 0 saturated heterocycles. The van der Waals surface area contributed by atoms with Gasteiger partial charge in [0.1, 0.15) is 11.5 Å². The highest BCUT2D eigenvalue weighted by atomic mass is 35.5. The van der Waals surface area contributed by atoms with Crippen LogP contribution >= 0.6 is 11.6 Å². The van der Waals surface area contributed by atoms with Crippen LogP contribution in [0.4, 0.5) is 5.69 Å². The van der Waals surface area contributed by atoms with Crippen molar-refractivity contribution in [3.05, 3.63) is 53.1 Å². The molecule has 0 unspecified atom stereocenters. The Morgan fingerprint density at radius 1 is 1.19 bits per heavy atom. The zero-order chi connectivity index (χ0) is 19.1. The Labute approximate surface area is 155 Å². The molecule has 0 bridgehead atoms. The van der Waals surface area contributed by atoms with E-state index in [9.17, 15) is 14.7 Å². The van der Waals surface area contributed by atoms with Crippen LogP contribution in [0.25, 0.3) is 0 Å². The van der Waals surface area contributed by atoms with Crippen molar-refractivity contribution in [1.82, 2.24) is 5.43 Å². The van der Waals surface area contributed by atoms with Gasteiger partial charge in [-0.05, 0) is 49.4 Å². The summed E-state index contributed by atoms with van der Waals surface area (Å²) in [6, 6.07) is 10.6. The molecule has 7 nitrogen and oxygen atoms in total. The number of hydrogen-bond donors (Lipinski definition) is 3. The first-order chi connectivity index (χ1) is 12.4. The minimum atomic E-state index is -0.443. The summed E-state index contributed by atoms with van der Waals surface area (Å²) in [6.45, 7) is 1.62. The van der Waals surface area contributed by atoms with E-state index in [2.05, 4.69) is 15.8 Å². The van der Waals surface area contributed by atoms with Crippen LogP contribution in [-0.4, -0.2) is 29.7 Å². The van der Waals surface area contributed by atoms with E-state index in [1.807, 2.05) is 0 Å². The van der Waals surface area contributed by atoms with Crippen molar-refractivity contribution >= 4 is 34.8 Å². The van der Waals surface area contributed by atoms with Crippen LogP contribution < -0.4 is 15.5 Å². The largest absolute Gasteiger partial charge is 0.508 e. The van der Waals surface area contributed by atoms with Crippen LogP contribution in [-0.2, 0) is 4.79 Å². The molecular formula is C18H18ClN3O4. The third-order valence-corrected chi connectivity index (χ3v) is 3.56. The number of carbonyl (C=O) groups excluding carboxylic acids is 2. The van der Waals surface area contributed by atoms with Crippen molar-refractivity contribution in [3.63, 3.8) is 0 Å². The van der Waals surface area contributed by atoms with E-state index < -0.39 is 5.91 Å². The van der Waals surface area contributed by atoms with Crippen LogP contribution in [0.1, 0.15) is 23.7 Å². The lowest BCUT2D eigenvalue weighted by molar-refractivity contribution is -0.115. The molecule has 8 heteroatoms. The Bertz CT molecular complexity index is 835. The van der Waals surface area contributed by atoms with Crippen molar-refractivity contribution in [3.8, 4) is 11.5 Å². The number of phenols is 1. The highest BCUT2D eigenvalue weighted by molar-refractivity contribution is 6.31. The van der Waals surface area contributed by atoms with Crippen LogP contribution in [0.2, 0.25) is 5.02 Å². The third-order valence-electron chi connectivity index (χ3n) is 3.33. The van der Waals surface area contributed by atoms with Crippen LogP contribution in [0.3, 0.4) is 0 Å². The number of rotatable bonds is 6. The van der Waals surface area contributed by atoms with Gasteiger partial charge in [-0.2, -0.15) is 5.10 Å². The summed E-state index contributed by atoms with van der Waals surface area (Å²) in [5.41, 5.74) is 3.56. The van der Waals surface area contributed by atoms with Crippen molar-refractivity contribution in [2.24, 2.45) is 5.10 Å². The Balaban J connectivity index is 1.94. The number of nitrogens with one attached hydrogen (secondary N) is 2. The normalized spacial score (nSPS) is 11.0. The summed E-state index contributed by atoms with van der Waals surface area (Å²) in [6.07, 6.45) is -0.0223. The Hall–Kier alpha value is -3.06. The second-order valence-corrected chi connectivity index (χ2v) is 5.84. The number of ether oxygens (including phenoxy) is 1. The molecule has 0 saturated carbocycles. The number of aromatic hydroxyl groups is 1. The second-order valence-electron chi connectivity index (χ2n) is 5.40. The lowest BCUT2D eigenvalue weighted by Gasteiger charge is -2.10. The molecular weight excluding hydrogens is 358 g/mol. The summed E-state index contributed by atoms with van der Waals surface area (Å²) in [7, 11) is 1.49. The predicted molar refractivity (Wildman–Crippen MR) is 99.9 cm³/mol. The SMILES string of the molecule is COc1ccc(Cl)cc1NC(=O)C/C(C)=N\NC(=O)c1ccc(O)cc1. The summed E-state index contributed by atoms with van der Waals surface area (Å²) in [4.78, 5) is 24.1. The van der Waals surface area contributed by atoms with Gasteiger partial charge in [-0.1, -0.05) is 11.6 Å². The highest BCUT2D eigenvalue weighted by Crippen LogP contribution is 2.27. The quantitative estimate of drug-likeness (QED) is 0.533. The van der Waals surface area contributed by atoms with Crippen molar-refractivity contribution in [1.29, 1.82) is 0 Å². The molecule has 0 aliphatic carbocycles. The van der Waals surface area contributed by atoms with Gasteiger partial charge in [0.05, 0.1) is 19.2 Å². The number of amides is 2. The van der Waals surface area contributed by atoms with E-state index in [4.69, 9.17) is 16.3 Å². The number of anilines is 1. The van der Waals surface area contributed by atoms with E-state index in [0.29, 0.717) is 27.7 Å². The minimum Gasteiger partial charge on any atom is -0.508 e. The van der Waals surface area contributed by atoms with Gasteiger partial charge in [0.15, 0.2) is 0 Å².